The van der Waals surface area contributed by atoms with Crippen molar-refractivity contribution in [3.63, 3.8) is 0 Å². The normalized spacial score (nSPS) is 16.0. The van der Waals surface area contributed by atoms with Gasteiger partial charge in [0.2, 0.25) is 0 Å². The average Bonchev–Trinajstić information content (AvgIpc) is 3.80. The Morgan fingerprint density at radius 3 is 1.62 bits per heavy atom. The topological polar surface area (TPSA) is 28.3 Å². The number of fused-ring (bicyclic) bond motifs is 9. The third-order valence-corrected chi connectivity index (χ3v) is 12.1. The van der Waals surface area contributed by atoms with Crippen molar-refractivity contribution in [2.24, 2.45) is 0 Å². The van der Waals surface area contributed by atoms with Crippen molar-refractivity contribution in [2.75, 3.05) is 0 Å². The zero-order valence-corrected chi connectivity index (χ0v) is 28.1. The molecule has 10 rings (SSSR count). The predicted octanol–water partition coefficient (Wildman–Crippen LogP) is 10.5. The fourth-order valence-electron chi connectivity index (χ4n) is 7.72. The number of hydrogen-bond donors (Lipinski definition) is 0. The lowest BCUT2D eigenvalue weighted by atomic mass is 9.78. The van der Waals surface area contributed by atoms with Crippen LogP contribution in [0.15, 0.2) is 127 Å². The van der Waals surface area contributed by atoms with Gasteiger partial charge in [-0.3, -0.25) is 0 Å². The fourth-order valence-corrected chi connectivity index (χ4v) is 9.05. The third kappa shape index (κ3) is 3.79. The highest BCUT2D eigenvalue weighted by atomic mass is 32.1. The molecule has 48 heavy (non-hydrogen) atoms. The second-order valence-electron chi connectivity index (χ2n) is 14.0. The molecule has 9 aromatic rings. The van der Waals surface area contributed by atoms with E-state index in [0.29, 0.717) is 0 Å². The van der Waals surface area contributed by atoms with Crippen molar-refractivity contribution < 1.29 is 9.31 Å². The van der Waals surface area contributed by atoms with Gasteiger partial charge < -0.3 is 18.4 Å². The van der Waals surface area contributed by atoms with Crippen molar-refractivity contribution >= 4 is 87.7 Å². The third-order valence-electron chi connectivity index (χ3n) is 10.8. The van der Waals surface area contributed by atoms with Crippen LogP contribution in [0.25, 0.3) is 75.2 Å². The standard InChI is InChI=1S/C42H33BN2O2S/c1-41(2)42(3,4)47-43(46-41)33-18-11-16-30-31-17-12-22-38(40(31)48-39(30)33)45-36-21-10-7-15-29(36)32-25-26(23-24-37(32)45)44-34-19-8-5-13-27(34)28-14-6-9-20-35(28)44/h5-25H,1-4H3. The summed E-state index contributed by atoms with van der Waals surface area (Å²) in [7, 11) is -0.414. The minimum Gasteiger partial charge on any atom is -0.399 e. The summed E-state index contributed by atoms with van der Waals surface area (Å²) in [5.41, 5.74) is 7.46. The Bertz CT molecular complexity index is 2700. The number of hydrogen-bond acceptors (Lipinski definition) is 3. The number of nitrogens with zero attached hydrogens (tertiary/aromatic N) is 2. The van der Waals surface area contributed by atoms with Gasteiger partial charge >= 0.3 is 7.12 Å². The first-order chi connectivity index (χ1) is 23.3. The summed E-state index contributed by atoms with van der Waals surface area (Å²) in [6.07, 6.45) is 0. The van der Waals surface area contributed by atoms with Crippen molar-refractivity contribution in [3.05, 3.63) is 127 Å². The Balaban J connectivity index is 1.21. The lowest BCUT2D eigenvalue weighted by Gasteiger charge is -2.32. The first-order valence-electron chi connectivity index (χ1n) is 16.6. The van der Waals surface area contributed by atoms with Crippen LogP contribution < -0.4 is 5.46 Å². The van der Waals surface area contributed by atoms with E-state index in [1.54, 1.807) is 0 Å². The summed E-state index contributed by atoms with van der Waals surface area (Å²) in [5, 5.41) is 7.50. The quantitative estimate of drug-likeness (QED) is 0.180. The lowest BCUT2D eigenvalue weighted by Crippen LogP contribution is -2.41. The smallest absolute Gasteiger partial charge is 0.399 e. The molecule has 0 radical (unpaired) electrons. The van der Waals surface area contributed by atoms with E-state index in [-0.39, 0.29) is 0 Å². The molecular weight excluding hydrogens is 607 g/mol. The van der Waals surface area contributed by atoms with Crippen molar-refractivity contribution in [3.8, 4) is 11.4 Å². The maximum absolute atomic E-state index is 6.54. The molecule has 4 nitrogen and oxygen atoms in total. The Morgan fingerprint density at radius 2 is 0.979 bits per heavy atom. The van der Waals surface area contributed by atoms with Crippen LogP contribution in [0.1, 0.15) is 27.7 Å². The summed E-state index contributed by atoms with van der Waals surface area (Å²) in [4.78, 5) is 0. The highest BCUT2D eigenvalue weighted by Crippen LogP contribution is 2.43. The molecule has 0 spiro atoms. The molecule has 1 aliphatic rings. The molecule has 3 aromatic heterocycles. The number of rotatable bonds is 3. The second-order valence-corrected chi connectivity index (χ2v) is 15.0. The Hall–Kier alpha value is -4.88. The van der Waals surface area contributed by atoms with Gasteiger partial charge in [0.25, 0.3) is 0 Å². The van der Waals surface area contributed by atoms with E-state index in [4.69, 9.17) is 9.31 Å². The van der Waals surface area contributed by atoms with E-state index < -0.39 is 18.3 Å². The van der Waals surface area contributed by atoms with E-state index >= 15 is 0 Å². The molecule has 232 valence electrons. The monoisotopic (exact) mass is 640 g/mol. The van der Waals surface area contributed by atoms with Crippen LogP contribution >= 0.6 is 11.3 Å². The summed E-state index contributed by atoms with van der Waals surface area (Å²) in [6.45, 7) is 8.46. The molecular formula is C42H33BN2O2S. The molecule has 1 aliphatic heterocycles. The summed E-state index contributed by atoms with van der Waals surface area (Å²) in [6, 6.07) is 46.4. The van der Waals surface area contributed by atoms with Crippen LogP contribution in [0.4, 0.5) is 0 Å². The molecule has 0 atom stereocenters. The predicted molar refractivity (Wildman–Crippen MR) is 204 cm³/mol. The highest BCUT2D eigenvalue weighted by Gasteiger charge is 2.52. The molecule has 1 saturated heterocycles. The maximum atomic E-state index is 6.54. The molecule has 0 aliphatic carbocycles. The Morgan fingerprint density at radius 1 is 0.479 bits per heavy atom. The minimum atomic E-state index is -0.414. The van der Waals surface area contributed by atoms with Crippen LogP contribution in [-0.2, 0) is 9.31 Å². The summed E-state index contributed by atoms with van der Waals surface area (Å²) in [5.74, 6) is 0. The van der Waals surface area contributed by atoms with Crippen LogP contribution in [0.5, 0.6) is 0 Å². The van der Waals surface area contributed by atoms with Crippen LogP contribution in [0.2, 0.25) is 0 Å². The molecule has 0 bridgehead atoms. The number of benzene rings is 6. The SMILES string of the molecule is CC1(C)OB(c2cccc3c2sc2c(-n4c5ccccc5c5cc(-n6c7ccccc7c7ccccc76)ccc54)cccc23)OC1(C)C. The van der Waals surface area contributed by atoms with Gasteiger partial charge in [-0.25, -0.2) is 0 Å². The van der Waals surface area contributed by atoms with Gasteiger partial charge in [0.1, 0.15) is 0 Å². The van der Waals surface area contributed by atoms with E-state index in [1.165, 1.54) is 69.5 Å². The molecule has 0 amide bonds. The van der Waals surface area contributed by atoms with Crippen LogP contribution in [0, 0.1) is 0 Å². The van der Waals surface area contributed by atoms with Crippen LogP contribution in [0.3, 0.4) is 0 Å². The first kappa shape index (κ1) is 28.2. The molecule has 0 unspecified atom stereocenters. The van der Waals surface area contributed by atoms with E-state index in [9.17, 15) is 0 Å². The largest absolute Gasteiger partial charge is 0.496 e. The van der Waals surface area contributed by atoms with E-state index in [0.717, 1.165) is 11.2 Å². The zero-order chi connectivity index (χ0) is 32.4. The Labute approximate surface area is 282 Å². The first-order valence-corrected chi connectivity index (χ1v) is 17.4. The minimum absolute atomic E-state index is 0.400. The summed E-state index contributed by atoms with van der Waals surface area (Å²) < 4.78 is 20.4. The van der Waals surface area contributed by atoms with Crippen molar-refractivity contribution in [2.45, 2.75) is 38.9 Å². The van der Waals surface area contributed by atoms with Gasteiger partial charge in [-0.2, -0.15) is 0 Å². The van der Waals surface area contributed by atoms with Crippen LogP contribution in [-0.4, -0.2) is 27.5 Å². The van der Waals surface area contributed by atoms with Gasteiger partial charge in [0, 0.05) is 48.2 Å². The molecule has 0 N–H and O–H groups in total. The second kappa shape index (κ2) is 9.83. The highest BCUT2D eigenvalue weighted by molar-refractivity contribution is 7.27. The number of para-hydroxylation sites is 3. The maximum Gasteiger partial charge on any atom is 0.496 e. The average molecular weight is 641 g/mol. The van der Waals surface area contributed by atoms with Gasteiger partial charge in [0.15, 0.2) is 0 Å². The number of thiophene rings is 1. The molecule has 0 saturated carbocycles. The van der Waals surface area contributed by atoms with Gasteiger partial charge in [-0.15, -0.1) is 11.3 Å². The van der Waals surface area contributed by atoms with E-state index in [2.05, 4.69) is 164 Å². The molecule has 6 heteroatoms. The van der Waals surface area contributed by atoms with Gasteiger partial charge in [-0.05, 0) is 70.2 Å². The van der Waals surface area contributed by atoms with Gasteiger partial charge in [0.05, 0.1) is 43.7 Å². The Kier molecular flexibility index (Phi) is 5.77. The molecule has 4 heterocycles. The molecule has 6 aromatic carbocycles. The van der Waals surface area contributed by atoms with Gasteiger partial charge in [-0.1, -0.05) is 84.9 Å². The zero-order valence-electron chi connectivity index (χ0n) is 27.3. The fraction of sp³-hybridized carbons (Fsp3) is 0.143. The van der Waals surface area contributed by atoms with E-state index in [1.807, 2.05) is 11.3 Å². The lowest BCUT2D eigenvalue weighted by molar-refractivity contribution is 0.00578. The van der Waals surface area contributed by atoms with Crippen molar-refractivity contribution in [1.29, 1.82) is 0 Å². The summed E-state index contributed by atoms with van der Waals surface area (Å²) >= 11 is 1.84. The number of aromatic nitrogens is 2. The molecule has 1 fully saturated rings. The van der Waals surface area contributed by atoms with Crippen molar-refractivity contribution in [1.82, 2.24) is 9.13 Å².